The van der Waals surface area contributed by atoms with Crippen molar-refractivity contribution in [1.82, 2.24) is 24.7 Å². The number of ether oxygens (including phenoxy) is 1. The topological polar surface area (TPSA) is 90.5 Å². The minimum atomic E-state index is -0.350. The lowest BCUT2D eigenvalue weighted by atomic mass is 10.1. The average molecular weight is 355 g/mol. The second kappa shape index (κ2) is 7.92. The third-order valence-electron chi connectivity index (χ3n) is 3.95. The van der Waals surface area contributed by atoms with Crippen molar-refractivity contribution in [3.63, 3.8) is 0 Å². The van der Waals surface area contributed by atoms with Gasteiger partial charge in [-0.25, -0.2) is 9.20 Å². The van der Waals surface area contributed by atoms with E-state index >= 15 is 0 Å². The molecule has 3 rings (SSSR count). The summed E-state index contributed by atoms with van der Waals surface area (Å²) in [4.78, 5) is 24.7. The van der Waals surface area contributed by atoms with Gasteiger partial charge in [0.15, 0.2) is 0 Å². The average Bonchev–Trinajstić information content (AvgIpc) is 3.10. The number of amides is 1. The second-order valence-electron chi connectivity index (χ2n) is 5.90. The molecule has 0 saturated heterocycles. The molecular formula is C18H21N5O3. The van der Waals surface area contributed by atoms with Crippen LogP contribution in [0.15, 0.2) is 41.2 Å². The minimum absolute atomic E-state index is 0.130. The fourth-order valence-corrected chi connectivity index (χ4v) is 2.67. The Labute approximate surface area is 150 Å². The van der Waals surface area contributed by atoms with Gasteiger partial charge in [-0.1, -0.05) is 30.3 Å². The van der Waals surface area contributed by atoms with Gasteiger partial charge in [0.2, 0.25) is 5.91 Å². The number of fused-ring (bicyclic) bond motifs is 1. The van der Waals surface area contributed by atoms with Crippen LogP contribution in [0.25, 0.3) is 16.8 Å². The van der Waals surface area contributed by atoms with Crippen LogP contribution in [0.5, 0.6) is 0 Å². The van der Waals surface area contributed by atoms with Crippen LogP contribution in [0.1, 0.15) is 12.2 Å². The number of hydrogen-bond donors (Lipinski definition) is 1. The van der Waals surface area contributed by atoms with Crippen LogP contribution >= 0.6 is 0 Å². The molecule has 2 heterocycles. The van der Waals surface area contributed by atoms with Gasteiger partial charge < -0.3 is 10.1 Å². The lowest BCUT2D eigenvalue weighted by Crippen LogP contribution is -2.35. The standard InChI is InChI=1S/C18H21N5O3/c1-13-20-22(12-17(24)19-9-6-10-26-2)18(25)16-11-15(21-23(13)16)14-7-4-3-5-8-14/h3-5,7-8,11H,6,9-10,12H2,1-2H3,(H,19,24). The first-order valence-electron chi connectivity index (χ1n) is 8.38. The molecule has 0 saturated carbocycles. The van der Waals surface area contributed by atoms with Crippen molar-refractivity contribution in [3.8, 4) is 11.3 Å². The Morgan fingerprint density at radius 3 is 2.73 bits per heavy atom. The highest BCUT2D eigenvalue weighted by Crippen LogP contribution is 2.18. The zero-order chi connectivity index (χ0) is 18.5. The summed E-state index contributed by atoms with van der Waals surface area (Å²) in [7, 11) is 1.61. The number of benzene rings is 1. The quantitative estimate of drug-likeness (QED) is 0.639. The zero-order valence-corrected chi connectivity index (χ0v) is 14.8. The molecule has 0 aliphatic rings. The Balaban J connectivity index is 1.85. The highest BCUT2D eigenvalue weighted by atomic mass is 16.5. The summed E-state index contributed by atoms with van der Waals surface area (Å²) in [5.41, 5.74) is 1.65. The lowest BCUT2D eigenvalue weighted by Gasteiger charge is -2.08. The Morgan fingerprint density at radius 1 is 1.23 bits per heavy atom. The number of aryl methyl sites for hydroxylation is 1. The summed E-state index contributed by atoms with van der Waals surface area (Å²) >= 11 is 0. The van der Waals surface area contributed by atoms with Crippen molar-refractivity contribution in [2.24, 2.45) is 0 Å². The summed E-state index contributed by atoms with van der Waals surface area (Å²) in [6, 6.07) is 11.3. The Morgan fingerprint density at radius 2 is 2.00 bits per heavy atom. The maximum atomic E-state index is 12.7. The van der Waals surface area contributed by atoms with Crippen LogP contribution in [0, 0.1) is 6.92 Å². The van der Waals surface area contributed by atoms with Gasteiger partial charge in [-0.15, -0.1) is 0 Å². The molecule has 136 valence electrons. The van der Waals surface area contributed by atoms with Gasteiger partial charge in [-0.3, -0.25) is 9.59 Å². The highest BCUT2D eigenvalue weighted by molar-refractivity contribution is 5.75. The Hall–Kier alpha value is -3.00. The monoisotopic (exact) mass is 355 g/mol. The van der Waals surface area contributed by atoms with Crippen molar-refractivity contribution < 1.29 is 9.53 Å². The molecule has 8 nitrogen and oxygen atoms in total. The number of carbonyl (C=O) groups excluding carboxylic acids is 1. The van der Waals surface area contributed by atoms with Gasteiger partial charge in [0.25, 0.3) is 5.56 Å². The third-order valence-corrected chi connectivity index (χ3v) is 3.95. The molecule has 1 amide bonds. The lowest BCUT2D eigenvalue weighted by molar-refractivity contribution is -0.121. The largest absolute Gasteiger partial charge is 0.385 e. The predicted octanol–water partition coefficient (Wildman–Crippen LogP) is 1.02. The van der Waals surface area contributed by atoms with Gasteiger partial charge in [0, 0.05) is 25.8 Å². The number of nitrogens with one attached hydrogen (secondary N) is 1. The first-order valence-corrected chi connectivity index (χ1v) is 8.38. The molecule has 3 aromatic rings. The van der Waals surface area contributed by atoms with Crippen LogP contribution < -0.4 is 10.9 Å². The van der Waals surface area contributed by atoms with Crippen LogP contribution in [0.4, 0.5) is 0 Å². The van der Waals surface area contributed by atoms with E-state index in [4.69, 9.17) is 4.74 Å². The van der Waals surface area contributed by atoms with E-state index in [-0.39, 0.29) is 18.0 Å². The smallest absolute Gasteiger partial charge is 0.293 e. The molecule has 0 spiro atoms. The fourth-order valence-electron chi connectivity index (χ4n) is 2.67. The van der Waals surface area contributed by atoms with Crippen molar-refractivity contribution in [2.45, 2.75) is 19.9 Å². The van der Waals surface area contributed by atoms with Crippen LogP contribution in [0.2, 0.25) is 0 Å². The van der Waals surface area contributed by atoms with Crippen molar-refractivity contribution >= 4 is 11.4 Å². The summed E-state index contributed by atoms with van der Waals surface area (Å²) in [5, 5.41) is 11.4. The molecule has 0 radical (unpaired) electrons. The minimum Gasteiger partial charge on any atom is -0.385 e. The van der Waals surface area contributed by atoms with E-state index < -0.39 is 0 Å². The Kier molecular flexibility index (Phi) is 5.43. The van der Waals surface area contributed by atoms with Gasteiger partial charge in [0.05, 0.1) is 5.69 Å². The molecule has 26 heavy (non-hydrogen) atoms. The van der Waals surface area contributed by atoms with E-state index in [1.54, 1.807) is 20.1 Å². The molecular weight excluding hydrogens is 334 g/mol. The molecule has 0 unspecified atom stereocenters. The maximum Gasteiger partial charge on any atom is 0.293 e. The van der Waals surface area contributed by atoms with E-state index in [2.05, 4.69) is 15.5 Å². The van der Waals surface area contributed by atoms with Crippen molar-refractivity contribution in [2.75, 3.05) is 20.3 Å². The van der Waals surface area contributed by atoms with Crippen LogP contribution in [-0.4, -0.2) is 45.6 Å². The number of carbonyl (C=O) groups is 1. The van der Waals surface area contributed by atoms with Gasteiger partial charge in [0.1, 0.15) is 17.9 Å². The number of methoxy groups -OCH3 is 1. The summed E-state index contributed by atoms with van der Waals surface area (Å²) in [5.74, 6) is 0.274. The number of nitrogens with zero attached hydrogens (tertiary/aromatic N) is 4. The number of rotatable bonds is 7. The zero-order valence-electron chi connectivity index (χ0n) is 14.8. The van der Waals surface area contributed by atoms with E-state index in [0.717, 1.165) is 5.56 Å². The normalized spacial score (nSPS) is 11.0. The van der Waals surface area contributed by atoms with Crippen molar-refractivity contribution in [3.05, 3.63) is 52.6 Å². The van der Waals surface area contributed by atoms with Crippen LogP contribution in [0.3, 0.4) is 0 Å². The molecule has 2 aromatic heterocycles. The summed E-state index contributed by atoms with van der Waals surface area (Å²) in [6.45, 7) is 2.69. The predicted molar refractivity (Wildman–Crippen MR) is 96.9 cm³/mol. The first-order chi connectivity index (χ1) is 12.6. The summed E-state index contributed by atoms with van der Waals surface area (Å²) < 4.78 is 7.62. The van der Waals surface area contributed by atoms with Crippen LogP contribution in [-0.2, 0) is 16.1 Å². The van der Waals surface area contributed by atoms with Gasteiger partial charge >= 0.3 is 0 Å². The molecule has 0 bridgehead atoms. The number of hydrogen-bond acceptors (Lipinski definition) is 5. The molecule has 0 aliphatic carbocycles. The fraction of sp³-hybridized carbons (Fsp3) is 0.333. The van der Waals surface area contributed by atoms with Gasteiger partial charge in [-0.05, 0) is 19.4 Å². The van der Waals surface area contributed by atoms with E-state index in [0.29, 0.717) is 36.6 Å². The molecule has 1 aromatic carbocycles. The SMILES string of the molecule is COCCCNC(=O)Cn1nc(C)n2nc(-c3ccccc3)cc2c1=O. The number of aromatic nitrogens is 4. The first kappa shape index (κ1) is 17.8. The molecule has 0 atom stereocenters. The molecule has 1 N–H and O–H groups in total. The highest BCUT2D eigenvalue weighted by Gasteiger charge is 2.14. The van der Waals surface area contributed by atoms with Crippen molar-refractivity contribution in [1.29, 1.82) is 0 Å². The van der Waals surface area contributed by atoms with Gasteiger partial charge in [-0.2, -0.15) is 10.2 Å². The molecule has 0 aliphatic heterocycles. The van der Waals surface area contributed by atoms with E-state index in [1.807, 2.05) is 30.3 Å². The third kappa shape index (κ3) is 3.80. The second-order valence-corrected chi connectivity index (χ2v) is 5.90. The van der Waals surface area contributed by atoms with E-state index in [9.17, 15) is 9.59 Å². The Bertz CT molecular complexity index is 962. The molecule has 8 heteroatoms. The molecule has 0 fully saturated rings. The maximum absolute atomic E-state index is 12.7. The van der Waals surface area contributed by atoms with E-state index in [1.165, 1.54) is 9.20 Å². The summed E-state index contributed by atoms with van der Waals surface area (Å²) in [6.07, 6.45) is 0.714.